The minimum atomic E-state index is -0.498. The molecule has 38 heavy (non-hydrogen) atoms. The summed E-state index contributed by atoms with van der Waals surface area (Å²) < 4.78 is 5.94. The van der Waals surface area contributed by atoms with Crippen molar-refractivity contribution in [2.75, 3.05) is 26.2 Å². The van der Waals surface area contributed by atoms with Crippen LogP contribution in [-0.4, -0.2) is 54.0 Å². The molecule has 2 aromatic carbocycles. The fourth-order valence-corrected chi connectivity index (χ4v) is 5.86. The smallest absolute Gasteiger partial charge is 0.255 e. The molecule has 2 amide bonds. The van der Waals surface area contributed by atoms with E-state index in [-0.39, 0.29) is 17.9 Å². The number of allylic oxidation sites excluding steroid dienone is 1. The van der Waals surface area contributed by atoms with Crippen LogP contribution in [0.1, 0.15) is 40.1 Å². The van der Waals surface area contributed by atoms with Gasteiger partial charge in [-0.1, -0.05) is 54.6 Å². The Balaban J connectivity index is 1.37. The molecule has 7 nitrogen and oxygen atoms in total. The van der Waals surface area contributed by atoms with Crippen LogP contribution in [0, 0.1) is 5.41 Å². The van der Waals surface area contributed by atoms with Crippen LogP contribution in [0.5, 0.6) is 5.75 Å². The normalized spacial score (nSPS) is 21.4. The molecule has 2 aliphatic heterocycles. The van der Waals surface area contributed by atoms with Gasteiger partial charge in [0, 0.05) is 24.2 Å². The molecule has 8 heteroatoms. The van der Waals surface area contributed by atoms with Gasteiger partial charge in [-0.25, -0.2) is 0 Å². The summed E-state index contributed by atoms with van der Waals surface area (Å²) in [6.07, 6.45) is 8.79. The summed E-state index contributed by atoms with van der Waals surface area (Å²) in [4.78, 5) is 34.9. The molecule has 5 rings (SSSR count). The zero-order chi connectivity index (χ0) is 26.2. The molecule has 198 valence electrons. The maximum Gasteiger partial charge on any atom is 0.255 e. The highest BCUT2D eigenvalue weighted by Crippen LogP contribution is 2.37. The number of amides is 2. The predicted molar refractivity (Wildman–Crippen MR) is 149 cm³/mol. The van der Waals surface area contributed by atoms with Crippen LogP contribution in [-0.2, 0) is 17.8 Å². The zero-order valence-electron chi connectivity index (χ0n) is 21.5. The lowest BCUT2D eigenvalue weighted by molar-refractivity contribution is -0.134. The standard InChI is InChI=1S/C30H34N4O3S/c35-28-26-10-4-5-11-27(26)37-17-7-6-12-30(13-15-34(16-14-30)21-25-20-31-22-38-25)29(36)33-24(19-32-28)18-23-8-2-1-3-9-23/h1-11,20,22,24H,12-19,21H2,(H,32,35)(H,33,36)/b7-6+/t24-/m1/s1. The van der Waals surface area contributed by atoms with Crippen molar-refractivity contribution in [3.05, 3.63) is 94.5 Å². The van der Waals surface area contributed by atoms with Gasteiger partial charge < -0.3 is 15.4 Å². The van der Waals surface area contributed by atoms with Gasteiger partial charge >= 0.3 is 0 Å². The largest absolute Gasteiger partial charge is 0.489 e. The maximum atomic E-state index is 13.9. The number of nitrogens with zero attached hydrogens (tertiary/aromatic N) is 2. The van der Waals surface area contributed by atoms with E-state index in [0.717, 1.165) is 38.0 Å². The number of thiazole rings is 1. The molecule has 2 N–H and O–H groups in total. The number of piperidine rings is 1. The van der Waals surface area contributed by atoms with E-state index >= 15 is 0 Å². The Bertz CT molecular complexity index is 1240. The number of para-hydroxylation sites is 1. The van der Waals surface area contributed by atoms with Crippen LogP contribution in [0.2, 0.25) is 0 Å². The lowest BCUT2D eigenvalue weighted by atomic mass is 9.74. The van der Waals surface area contributed by atoms with Gasteiger partial charge in [0.15, 0.2) is 0 Å². The van der Waals surface area contributed by atoms with Gasteiger partial charge in [0.25, 0.3) is 5.91 Å². The minimum absolute atomic E-state index is 0.0631. The van der Waals surface area contributed by atoms with Crippen molar-refractivity contribution in [1.82, 2.24) is 20.5 Å². The Kier molecular flexibility index (Phi) is 8.51. The number of ether oxygens (including phenoxy) is 1. The quantitative estimate of drug-likeness (QED) is 0.494. The number of hydrogen-bond acceptors (Lipinski definition) is 6. The van der Waals surface area contributed by atoms with Crippen LogP contribution in [0.3, 0.4) is 0 Å². The molecule has 2 aliphatic rings. The first-order chi connectivity index (χ1) is 18.6. The number of carbonyl (C=O) groups excluding carboxylic acids is 2. The van der Waals surface area contributed by atoms with E-state index in [9.17, 15) is 9.59 Å². The van der Waals surface area contributed by atoms with Gasteiger partial charge in [-0.05, 0) is 56.5 Å². The van der Waals surface area contributed by atoms with E-state index in [0.29, 0.717) is 37.3 Å². The number of benzene rings is 2. The molecule has 0 bridgehead atoms. The highest BCUT2D eigenvalue weighted by Gasteiger charge is 2.41. The van der Waals surface area contributed by atoms with Crippen molar-refractivity contribution >= 4 is 23.2 Å². The van der Waals surface area contributed by atoms with Gasteiger partial charge in [-0.15, -0.1) is 11.3 Å². The van der Waals surface area contributed by atoms with Crippen molar-refractivity contribution in [1.29, 1.82) is 0 Å². The van der Waals surface area contributed by atoms with Crippen LogP contribution < -0.4 is 15.4 Å². The zero-order valence-corrected chi connectivity index (χ0v) is 22.3. The van der Waals surface area contributed by atoms with Crippen LogP contribution >= 0.6 is 11.3 Å². The molecule has 1 saturated heterocycles. The van der Waals surface area contributed by atoms with E-state index in [1.165, 1.54) is 4.88 Å². The molecule has 1 atom stereocenters. The third-order valence-corrected chi connectivity index (χ3v) is 8.23. The summed E-state index contributed by atoms with van der Waals surface area (Å²) in [6, 6.07) is 17.1. The molecule has 0 saturated carbocycles. The molecule has 1 spiro atoms. The highest BCUT2D eigenvalue weighted by atomic mass is 32.1. The summed E-state index contributed by atoms with van der Waals surface area (Å²) in [6.45, 7) is 3.24. The third-order valence-electron chi connectivity index (χ3n) is 7.47. The first kappa shape index (κ1) is 26.1. The first-order valence-corrected chi connectivity index (χ1v) is 14.1. The number of carbonyl (C=O) groups is 2. The summed E-state index contributed by atoms with van der Waals surface area (Å²) in [5.74, 6) is 0.412. The van der Waals surface area contributed by atoms with E-state index < -0.39 is 5.41 Å². The SMILES string of the molecule is O=C1NC[C@@H](Cc2ccccc2)NC(=O)C2(C/C=C/COc3ccccc31)CCN(Cc1cncs1)CC2. The van der Waals surface area contributed by atoms with E-state index in [4.69, 9.17) is 4.74 Å². The van der Waals surface area contributed by atoms with E-state index in [1.54, 1.807) is 17.4 Å². The Morgan fingerprint density at radius 3 is 2.61 bits per heavy atom. The van der Waals surface area contributed by atoms with Crippen molar-refractivity contribution < 1.29 is 14.3 Å². The maximum absolute atomic E-state index is 13.9. The van der Waals surface area contributed by atoms with Crippen LogP contribution in [0.15, 0.2) is 78.5 Å². The Labute approximate surface area is 227 Å². The lowest BCUT2D eigenvalue weighted by Gasteiger charge is -2.41. The van der Waals surface area contributed by atoms with Gasteiger partial charge in [0.05, 0.1) is 22.5 Å². The number of fused-ring (bicyclic) bond motifs is 1. The average molecular weight is 531 g/mol. The fraction of sp³-hybridized carbons (Fsp3) is 0.367. The van der Waals surface area contributed by atoms with Crippen molar-refractivity contribution in [2.45, 2.75) is 38.3 Å². The topological polar surface area (TPSA) is 83.6 Å². The predicted octanol–water partition coefficient (Wildman–Crippen LogP) is 4.22. The average Bonchev–Trinajstić information content (AvgIpc) is 3.46. The number of rotatable bonds is 4. The van der Waals surface area contributed by atoms with Crippen molar-refractivity contribution in [3.63, 3.8) is 0 Å². The molecule has 0 aliphatic carbocycles. The molecular formula is C30H34N4O3S. The highest BCUT2D eigenvalue weighted by molar-refractivity contribution is 7.09. The summed E-state index contributed by atoms with van der Waals surface area (Å²) >= 11 is 1.67. The molecule has 3 aromatic rings. The number of aromatic nitrogens is 1. The summed E-state index contributed by atoms with van der Waals surface area (Å²) in [7, 11) is 0. The lowest BCUT2D eigenvalue weighted by Crippen LogP contribution is -2.53. The minimum Gasteiger partial charge on any atom is -0.489 e. The fourth-order valence-electron chi connectivity index (χ4n) is 5.22. The monoisotopic (exact) mass is 530 g/mol. The first-order valence-electron chi connectivity index (χ1n) is 13.2. The van der Waals surface area contributed by atoms with E-state index in [2.05, 4.69) is 38.7 Å². The Morgan fingerprint density at radius 1 is 1.03 bits per heavy atom. The van der Waals surface area contributed by atoms with E-state index in [1.807, 2.05) is 54.2 Å². The summed E-state index contributed by atoms with van der Waals surface area (Å²) in [5.41, 5.74) is 2.97. The third kappa shape index (κ3) is 6.49. The number of hydrogen-bond donors (Lipinski definition) is 2. The van der Waals surface area contributed by atoms with Crippen molar-refractivity contribution in [2.24, 2.45) is 5.41 Å². The second kappa shape index (κ2) is 12.4. The van der Waals surface area contributed by atoms with Gasteiger partial charge in [0.1, 0.15) is 12.4 Å². The molecule has 1 aromatic heterocycles. The second-order valence-electron chi connectivity index (χ2n) is 10.1. The van der Waals surface area contributed by atoms with Crippen molar-refractivity contribution in [3.8, 4) is 5.75 Å². The molecule has 3 heterocycles. The Morgan fingerprint density at radius 2 is 1.82 bits per heavy atom. The van der Waals surface area contributed by atoms with Gasteiger partial charge in [-0.3, -0.25) is 19.5 Å². The number of nitrogens with one attached hydrogen (secondary N) is 2. The second-order valence-corrected chi connectivity index (χ2v) is 11.0. The summed E-state index contributed by atoms with van der Waals surface area (Å²) in [5, 5.41) is 6.38. The van der Waals surface area contributed by atoms with Gasteiger partial charge in [0.2, 0.25) is 5.91 Å². The van der Waals surface area contributed by atoms with Crippen LogP contribution in [0.25, 0.3) is 0 Å². The number of likely N-dealkylation sites (tertiary alicyclic amines) is 1. The molecule has 0 radical (unpaired) electrons. The van der Waals surface area contributed by atoms with Crippen LogP contribution in [0.4, 0.5) is 0 Å². The Hall–Kier alpha value is -3.49. The van der Waals surface area contributed by atoms with Gasteiger partial charge in [-0.2, -0.15) is 0 Å². The molecule has 1 fully saturated rings. The molecule has 0 unspecified atom stereocenters. The molecular weight excluding hydrogens is 496 g/mol.